The molecule has 0 bridgehead atoms. The number of carbonyl (C=O) groups excluding carboxylic acids is 1. The number of rotatable bonds is 5. The van der Waals surface area contributed by atoms with Gasteiger partial charge < -0.3 is 10.2 Å². The molecule has 122 valence electrons. The molecule has 0 fully saturated rings. The maximum atomic E-state index is 13.5. The number of carbonyl (C=O) groups is 1. The topological polar surface area (TPSA) is 32.3 Å². The molecule has 1 unspecified atom stereocenters. The molecule has 2 aromatic carbocycles. The molecule has 0 radical (unpaired) electrons. The van der Waals surface area contributed by atoms with Gasteiger partial charge in [0.1, 0.15) is 11.6 Å². The molecule has 2 rings (SSSR count). The van der Waals surface area contributed by atoms with Gasteiger partial charge in [-0.2, -0.15) is 0 Å². The lowest BCUT2D eigenvalue weighted by atomic mass is 10.1. The first-order valence-electron chi connectivity index (χ1n) is 7.39. The van der Waals surface area contributed by atoms with E-state index in [0.717, 1.165) is 5.56 Å². The maximum absolute atomic E-state index is 13.5. The molecule has 0 aliphatic carbocycles. The summed E-state index contributed by atoms with van der Waals surface area (Å²) in [6.45, 7) is 3.61. The van der Waals surface area contributed by atoms with Gasteiger partial charge in [-0.15, -0.1) is 0 Å². The lowest BCUT2D eigenvalue weighted by Crippen LogP contribution is -2.34. The van der Waals surface area contributed by atoms with Crippen molar-refractivity contribution in [2.45, 2.75) is 19.9 Å². The summed E-state index contributed by atoms with van der Waals surface area (Å²) in [7, 11) is 1.69. The SMILES string of the molecule is Cc1ccc(NCC(=O)N(C)C(C)c2ccc(F)cc2)cc1F. The van der Waals surface area contributed by atoms with E-state index in [4.69, 9.17) is 0 Å². The highest BCUT2D eigenvalue weighted by Gasteiger charge is 2.17. The van der Waals surface area contributed by atoms with Crippen molar-refractivity contribution in [3.63, 3.8) is 0 Å². The van der Waals surface area contributed by atoms with E-state index in [0.29, 0.717) is 11.3 Å². The Bertz CT molecular complexity index is 686. The number of hydrogen-bond acceptors (Lipinski definition) is 2. The van der Waals surface area contributed by atoms with Gasteiger partial charge in [-0.05, 0) is 49.2 Å². The van der Waals surface area contributed by atoms with E-state index < -0.39 is 0 Å². The van der Waals surface area contributed by atoms with Crippen LogP contribution in [0.15, 0.2) is 42.5 Å². The second kappa shape index (κ2) is 7.22. The summed E-state index contributed by atoms with van der Waals surface area (Å²) in [4.78, 5) is 13.8. The molecule has 0 saturated heterocycles. The third kappa shape index (κ3) is 4.28. The summed E-state index contributed by atoms with van der Waals surface area (Å²) >= 11 is 0. The Labute approximate surface area is 134 Å². The number of anilines is 1. The zero-order chi connectivity index (χ0) is 17.0. The minimum Gasteiger partial charge on any atom is -0.376 e. The average Bonchev–Trinajstić information content (AvgIpc) is 2.55. The molecule has 23 heavy (non-hydrogen) atoms. The lowest BCUT2D eigenvalue weighted by Gasteiger charge is -2.25. The fraction of sp³-hybridized carbons (Fsp3) is 0.278. The first kappa shape index (κ1) is 16.9. The van der Waals surface area contributed by atoms with E-state index in [1.807, 2.05) is 6.92 Å². The minimum absolute atomic E-state index is 0.0601. The Kier molecular flexibility index (Phi) is 5.32. The van der Waals surface area contributed by atoms with Crippen LogP contribution in [0.2, 0.25) is 0 Å². The summed E-state index contributed by atoms with van der Waals surface area (Å²) in [6.07, 6.45) is 0. The van der Waals surface area contributed by atoms with Gasteiger partial charge in [-0.1, -0.05) is 18.2 Å². The molecule has 1 atom stereocenters. The third-order valence-electron chi connectivity index (χ3n) is 3.94. The Balaban J connectivity index is 1.96. The Hall–Kier alpha value is -2.43. The van der Waals surface area contributed by atoms with Crippen molar-refractivity contribution in [3.8, 4) is 0 Å². The van der Waals surface area contributed by atoms with Gasteiger partial charge in [-0.3, -0.25) is 4.79 Å². The van der Waals surface area contributed by atoms with Gasteiger partial charge in [0.2, 0.25) is 5.91 Å². The van der Waals surface area contributed by atoms with Crippen LogP contribution in [0, 0.1) is 18.6 Å². The van der Waals surface area contributed by atoms with Gasteiger partial charge in [0.25, 0.3) is 0 Å². The van der Waals surface area contributed by atoms with Crippen LogP contribution in [0.4, 0.5) is 14.5 Å². The number of benzene rings is 2. The van der Waals surface area contributed by atoms with Crippen LogP contribution in [0.5, 0.6) is 0 Å². The first-order chi connectivity index (χ1) is 10.9. The van der Waals surface area contributed by atoms with Crippen molar-refractivity contribution in [2.24, 2.45) is 0 Å². The number of nitrogens with zero attached hydrogens (tertiary/aromatic N) is 1. The van der Waals surface area contributed by atoms with E-state index in [1.165, 1.54) is 18.2 Å². The molecule has 1 N–H and O–H groups in total. The second-order valence-electron chi connectivity index (χ2n) is 5.55. The molecule has 0 spiro atoms. The van der Waals surface area contributed by atoms with Crippen molar-refractivity contribution < 1.29 is 13.6 Å². The van der Waals surface area contributed by atoms with Crippen LogP contribution in [-0.4, -0.2) is 24.4 Å². The smallest absolute Gasteiger partial charge is 0.242 e. The molecular formula is C18H20F2N2O. The molecule has 2 aromatic rings. The highest BCUT2D eigenvalue weighted by Crippen LogP contribution is 2.19. The van der Waals surface area contributed by atoms with Crippen LogP contribution in [-0.2, 0) is 4.79 Å². The molecule has 1 amide bonds. The normalized spacial score (nSPS) is 11.9. The standard InChI is InChI=1S/C18H20F2N2O/c1-12-4-9-16(10-17(12)20)21-11-18(23)22(3)13(2)14-5-7-15(19)8-6-14/h4-10,13,21H,11H2,1-3H3. The highest BCUT2D eigenvalue weighted by molar-refractivity contribution is 5.81. The quantitative estimate of drug-likeness (QED) is 0.906. The molecule has 5 heteroatoms. The van der Waals surface area contributed by atoms with Crippen molar-refractivity contribution in [1.82, 2.24) is 4.90 Å². The number of hydrogen-bond donors (Lipinski definition) is 1. The molecule has 0 saturated carbocycles. The van der Waals surface area contributed by atoms with Crippen molar-refractivity contribution in [2.75, 3.05) is 18.9 Å². The Morgan fingerprint density at radius 2 is 1.83 bits per heavy atom. The zero-order valence-electron chi connectivity index (χ0n) is 13.4. The first-order valence-corrected chi connectivity index (χ1v) is 7.39. The average molecular weight is 318 g/mol. The van der Waals surface area contributed by atoms with Crippen LogP contribution < -0.4 is 5.32 Å². The van der Waals surface area contributed by atoms with Gasteiger partial charge >= 0.3 is 0 Å². The molecule has 0 aromatic heterocycles. The molecule has 0 heterocycles. The lowest BCUT2D eigenvalue weighted by molar-refractivity contribution is -0.129. The van der Waals surface area contributed by atoms with Gasteiger partial charge in [0, 0.05) is 12.7 Å². The molecular weight excluding hydrogens is 298 g/mol. The van der Waals surface area contributed by atoms with E-state index in [9.17, 15) is 13.6 Å². The number of aryl methyl sites for hydroxylation is 1. The van der Waals surface area contributed by atoms with Crippen molar-refractivity contribution in [1.29, 1.82) is 0 Å². The summed E-state index contributed by atoms with van der Waals surface area (Å²) < 4.78 is 26.4. The summed E-state index contributed by atoms with van der Waals surface area (Å²) in [6, 6.07) is 10.6. The van der Waals surface area contributed by atoms with E-state index in [-0.39, 0.29) is 30.1 Å². The molecule has 0 aliphatic rings. The van der Waals surface area contributed by atoms with E-state index >= 15 is 0 Å². The van der Waals surface area contributed by atoms with Crippen LogP contribution in [0.3, 0.4) is 0 Å². The number of amides is 1. The number of nitrogens with one attached hydrogen (secondary N) is 1. The minimum atomic E-state index is -0.310. The van der Waals surface area contributed by atoms with Crippen LogP contribution in [0.25, 0.3) is 0 Å². The zero-order valence-corrected chi connectivity index (χ0v) is 13.4. The predicted octanol–water partition coefficient (Wildman–Crippen LogP) is 3.90. The largest absolute Gasteiger partial charge is 0.376 e. The van der Waals surface area contributed by atoms with Crippen LogP contribution >= 0.6 is 0 Å². The molecule has 0 aliphatic heterocycles. The highest BCUT2D eigenvalue weighted by atomic mass is 19.1. The predicted molar refractivity (Wildman–Crippen MR) is 87.2 cm³/mol. The Morgan fingerprint density at radius 3 is 2.43 bits per heavy atom. The second-order valence-corrected chi connectivity index (χ2v) is 5.55. The van der Waals surface area contributed by atoms with Gasteiger partial charge in [0.05, 0.1) is 12.6 Å². The third-order valence-corrected chi connectivity index (χ3v) is 3.94. The van der Waals surface area contributed by atoms with Crippen LogP contribution in [0.1, 0.15) is 24.1 Å². The van der Waals surface area contributed by atoms with Crippen molar-refractivity contribution in [3.05, 3.63) is 65.2 Å². The van der Waals surface area contributed by atoms with Gasteiger partial charge in [0.15, 0.2) is 0 Å². The molecule has 3 nitrogen and oxygen atoms in total. The summed E-state index contributed by atoms with van der Waals surface area (Å²) in [5, 5.41) is 2.92. The summed E-state index contributed by atoms with van der Waals surface area (Å²) in [5.41, 5.74) is 1.97. The Morgan fingerprint density at radius 1 is 1.17 bits per heavy atom. The van der Waals surface area contributed by atoms with E-state index in [1.54, 1.807) is 43.1 Å². The fourth-order valence-corrected chi connectivity index (χ4v) is 2.19. The maximum Gasteiger partial charge on any atom is 0.242 e. The monoisotopic (exact) mass is 318 g/mol. The number of halogens is 2. The fourth-order valence-electron chi connectivity index (χ4n) is 2.19. The van der Waals surface area contributed by atoms with Gasteiger partial charge in [-0.25, -0.2) is 8.78 Å². The van der Waals surface area contributed by atoms with E-state index in [2.05, 4.69) is 5.32 Å². The number of likely N-dealkylation sites (N-methyl/N-ethyl adjacent to an activating group) is 1. The van der Waals surface area contributed by atoms with Crippen molar-refractivity contribution >= 4 is 11.6 Å². The summed E-state index contributed by atoms with van der Waals surface area (Å²) in [5.74, 6) is -0.753.